The highest BCUT2D eigenvalue weighted by molar-refractivity contribution is 6.35. The lowest BCUT2D eigenvalue weighted by Crippen LogP contribution is -2.62. The van der Waals surface area contributed by atoms with Gasteiger partial charge in [0, 0.05) is 83.3 Å². The van der Waals surface area contributed by atoms with Crippen molar-refractivity contribution in [3.8, 4) is 0 Å². The van der Waals surface area contributed by atoms with Crippen LogP contribution in [0.15, 0.2) is 36.4 Å². The number of hydrogen-bond acceptors (Lipinski definition) is 6. The number of piperazine rings is 1. The Hall–Kier alpha value is -1.62. The number of unbranched alkanes of at least 4 members (excludes halogenated alkanes) is 1. The molecule has 8 nitrogen and oxygen atoms in total. The van der Waals surface area contributed by atoms with Gasteiger partial charge in [0.1, 0.15) is 0 Å². The molecule has 2 aromatic carbocycles. The van der Waals surface area contributed by atoms with Crippen LogP contribution in [-0.4, -0.2) is 78.5 Å². The summed E-state index contributed by atoms with van der Waals surface area (Å²) in [5.41, 5.74) is 20.3. The van der Waals surface area contributed by atoms with E-state index in [2.05, 4.69) is 19.2 Å². The van der Waals surface area contributed by atoms with Crippen LogP contribution in [0.4, 0.5) is 0 Å². The Labute approximate surface area is 294 Å². The third-order valence-corrected chi connectivity index (χ3v) is 9.58. The van der Waals surface area contributed by atoms with Gasteiger partial charge in [-0.3, -0.25) is 9.59 Å². The lowest BCUT2D eigenvalue weighted by atomic mass is 9.93. The number of nitrogens with one attached hydrogen (secondary N) is 1. The van der Waals surface area contributed by atoms with Crippen LogP contribution in [0.1, 0.15) is 63.5 Å². The van der Waals surface area contributed by atoms with Gasteiger partial charge in [-0.05, 0) is 80.0 Å². The summed E-state index contributed by atoms with van der Waals surface area (Å²) >= 11 is 24.9. The van der Waals surface area contributed by atoms with Gasteiger partial charge in [0.2, 0.25) is 11.8 Å². The molecule has 12 heteroatoms. The van der Waals surface area contributed by atoms with Crippen molar-refractivity contribution in [1.29, 1.82) is 0 Å². The first-order valence-corrected chi connectivity index (χ1v) is 17.8. The normalized spacial score (nSPS) is 18.2. The van der Waals surface area contributed by atoms with Gasteiger partial charge in [0.15, 0.2) is 0 Å². The van der Waals surface area contributed by atoms with Crippen molar-refractivity contribution in [1.82, 2.24) is 15.1 Å². The van der Waals surface area contributed by atoms with Crippen LogP contribution in [-0.2, 0) is 22.4 Å². The molecule has 4 atom stereocenters. The lowest BCUT2D eigenvalue weighted by molar-refractivity contribution is -0.148. The molecule has 256 valence electrons. The van der Waals surface area contributed by atoms with Crippen molar-refractivity contribution in [2.24, 2.45) is 23.1 Å². The highest BCUT2D eigenvalue weighted by atomic mass is 35.5. The second-order valence-electron chi connectivity index (χ2n) is 12.9. The minimum atomic E-state index is -0.409. The maximum Gasteiger partial charge on any atom is 0.224 e. The number of halogens is 4. The fraction of sp³-hybridized carbons (Fsp3) is 0.588. The number of nitrogens with two attached hydrogens (primary N) is 3. The van der Waals surface area contributed by atoms with E-state index in [-0.39, 0.29) is 36.7 Å². The first kappa shape index (κ1) is 38.8. The molecule has 0 saturated carbocycles. The van der Waals surface area contributed by atoms with Crippen molar-refractivity contribution >= 4 is 58.2 Å². The number of carbonyl (C=O) groups is 2. The van der Waals surface area contributed by atoms with Crippen LogP contribution < -0.4 is 22.5 Å². The van der Waals surface area contributed by atoms with Crippen LogP contribution in [0.2, 0.25) is 20.1 Å². The lowest BCUT2D eigenvalue weighted by Gasteiger charge is -2.47. The number of benzene rings is 2. The van der Waals surface area contributed by atoms with Gasteiger partial charge in [-0.1, -0.05) is 78.8 Å². The number of nitrogens with zero attached hydrogens (tertiary/aromatic N) is 2. The Kier molecular flexibility index (Phi) is 16.4. The van der Waals surface area contributed by atoms with E-state index >= 15 is 0 Å². The second kappa shape index (κ2) is 19.4. The summed E-state index contributed by atoms with van der Waals surface area (Å²) in [5.74, 6) is 0.330. The molecule has 0 aliphatic carbocycles. The monoisotopic (exact) mass is 714 g/mol. The summed E-state index contributed by atoms with van der Waals surface area (Å²) in [4.78, 5) is 31.7. The Bertz CT molecular complexity index is 1280. The summed E-state index contributed by atoms with van der Waals surface area (Å²) in [5, 5.41) is 5.52. The standard InChI is InChI=1S/C34H50Cl4N6O2/c1-22(2)13-30-21-43(33(45)18-27(40)14-23-6-8-25(35)16-31(23)37)29(5-3-4-11-42-12-10-39)20-44(30)34(46)19-28(41)15-24-7-9-26(36)17-32(24)38/h6-9,16-17,22,27-30,42H,3-5,10-15,18-21,39-41H2,1-2H3/t27?,28?,29-,30+/m0/s1. The van der Waals surface area contributed by atoms with Crippen molar-refractivity contribution in [3.05, 3.63) is 67.6 Å². The van der Waals surface area contributed by atoms with Crippen LogP contribution in [0, 0.1) is 5.92 Å². The third-order valence-electron chi connectivity index (χ3n) is 8.41. The molecule has 2 aromatic rings. The van der Waals surface area contributed by atoms with Crippen molar-refractivity contribution < 1.29 is 9.59 Å². The molecule has 0 aromatic heterocycles. The van der Waals surface area contributed by atoms with E-state index < -0.39 is 12.1 Å². The Balaban J connectivity index is 1.74. The Morgan fingerprint density at radius 1 is 0.804 bits per heavy atom. The highest BCUT2D eigenvalue weighted by Crippen LogP contribution is 2.28. The zero-order chi connectivity index (χ0) is 33.8. The van der Waals surface area contributed by atoms with Gasteiger partial charge in [-0.15, -0.1) is 0 Å². The van der Waals surface area contributed by atoms with Crippen LogP contribution in [0.5, 0.6) is 0 Å². The maximum absolute atomic E-state index is 13.9. The zero-order valence-corrected chi connectivity index (χ0v) is 30.0. The van der Waals surface area contributed by atoms with Crippen molar-refractivity contribution in [3.63, 3.8) is 0 Å². The van der Waals surface area contributed by atoms with Gasteiger partial charge in [0.25, 0.3) is 0 Å². The minimum absolute atomic E-state index is 0.000899. The smallest absolute Gasteiger partial charge is 0.224 e. The first-order valence-electron chi connectivity index (χ1n) is 16.3. The van der Waals surface area contributed by atoms with Crippen molar-refractivity contribution in [2.45, 2.75) is 89.4 Å². The molecule has 1 heterocycles. The molecule has 1 saturated heterocycles. The Morgan fingerprint density at radius 3 is 1.78 bits per heavy atom. The second-order valence-corrected chi connectivity index (χ2v) is 14.6. The molecule has 0 radical (unpaired) electrons. The molecule has 2 amide bonds. The number of carbonyl (C=O) groups excluding carboxylic acids is 2. The van der Waals surface area contributed by atoms with Gasteiger partial charge in [0.05, 0.1) is 0 Å². The van der Waals surface area contributed by atoms with Crippen LogP contribution in [0.3, 0.4) is 0 Å². The molecule has 1 aliphatic rings. The molecule has 0 bridgehead atoms. The summed E-state index contributed by atoms with van der Waals surface area (Å²) in [6, 6.07) is 9.58. The summed E-state index contributed by atoms with van der Waals surface area (Å²) in [7, 11) is 0. The van der Waals surface area contributed by atoms with E-state index in [0.717, 1.165) is 49.9 Å². The first-order chi connectivity index (χ1) is 21.9. The third kappa shape index (κ3) is 12.4. The zero-order valence-electron chi connectivity index (χ0n) is 27.0. The average molecular weight is 717 g/mol. The number of rotatable bonds is 17. The topological polar surface area (TPSA) is 131 Å². The van der Waals surface area contributed by atoms with E-state index in [4.69, 9.17) is 63.6 Å². The fourth-order valence-corrected chi connectivity index (χ4v) is 7.15. The SMILES string of the molecule is CC(C)C[C@@H]1CN(C(=O)CC(N)Cc2ccc(Cl)cc2Cl)[C@@H](CCCCNCCN)CN1C(=O)CC(N)Cc1ccc(Cl)cc1Cl. The van der Waals surface area contributed by atoms with Crippen molar-refractivity contribution in [2.75, 3.05) is 32.7 Å². The van der Waals surface area contributed by atoms with E-state index in [9.17, 15) is 9.59 Å². The van der Waals surface area contributed by atoms with Gasteiger partial charge in [-0.2, -0.15) is 0 Å². The largest absolute Gasteiger partial charge is 0.336 e. The molecular formula is C34H50Cl4N6O2. The predicted molar refractivity (Wildman–Crippen MR) is 192 cm³/mol. The van der Waals surface area contributed by atoms with Gasteiger partial charge >= 0.3 is 0 Å². The highest BCUT2D eigenvalue weighted by Gasteiger charge is 2.39. The maximum atomic E-state index is 13.9. The quantitative estimate of drug-likeness (QED) is 0.156. The minimum Gasteiger partial charge on any atom is -0.336 e. The average Bonchev–Trinajstić information content (AvgIpc) is 2.97. The van der Waals surface area contributed by atoms with E-state index in [1.165, 1.54) is 0 Å². The summed E-state index contributed by atoms with van der Waals surface area (Å²) in [6.07, 6.45) is 4.70. The summed E-state index contributed by atoms with van der Waals surface area (Å²) < 4.78 is 0. The van der Waals surface area contributed by atoms with E-state index in [1.54, 1.807) is 24.3 Å². The van der Waals surface area contributed by atoms with E-state index in [1.807, 2.05) is 21.9 Å². The molecular weight excluding hydrogens is 666 g/mol. The van der Waals surface area contributed by atoms with E-state index in [0.29, 0.717) is 58.5 Å². The number of hydrogen-bond donors (Lipinski definition) is 4. The predicted octanol–water partition coefficient (Wildman–Crippen LogP) is 5.69. The molecule has 7 N–H and O–H groups in total. The fourth-order valence-electron chi connectivity index (χ4n) is 6.18. The molecule has 1 aliphatic heterocycles. The molecule has 0 spiro atoms. The number of amides is 2. The van der Waals surface area contributed by atoms with Gasteiger partial charge < -0.3 is 32.3 Å². The summed E-state index contributed by atoms with van der Waals surface area (Å²) in [6.45, 7) is 7.41. The molecule has 2 unspecified atom stereocenters. The Morgan fingerprint density at radius 2 is 1.30 bits per heavy atom. The van der Waals surface area contributed by atoms with Crippen LogP contribution >= 0.6 is 46.4 Å². The molecule has 46 heavy (non-hydrogen) atoms. The molecule has 3 rings (SSSR count). The van der Waals surface area contributed by atoms with Crippen LogP contribution in [0.25, 0.3) is 0 Å². The molecule has 1 fully saturated rings. The van der Waals surface area contributed by atoms with Gasteiger partial charge in [-0.25, -0.2) is 0 Å².